The highest BCUT2D eigenvalue weighted by Gasteiger charge is 2.47. The Morgan fingerprint density at radius 1 is 1.07 bits per heavy atom. The zero-order valence-corrected chi connectivity index (χ0v) is 16.7. The number of rotatable bonds is 5. The van der Waals surface area contributed by atoms with Crippen LogP contribution in [-0.2, 0) is 16.1 Å². The zero-order chi connectivity index (χ0) is 21.3. The summed E-state index contributed by atoms with van der Waals surface area (Å²) in [4.78, 5) is 27.4. The molecule has 0 aliphatic carbocycles. The van der Waals surface area contributed by atoms with Crippen LogP contribution in [-0.4, -0.2) is 28.8 Å². The molecule has 4 rings (SSSR count). The normalized spacial score (nSPS) is 18.1. The van der Waals surface area contributed by atoms with Crippen molar-refractivity contribution in [2.24, 2.45) is 0 Å². The molecule has 6 heteroatoms. The summed E-state index contributed by atoms with van der Waals surface area (Å²) in [5, 5.41) is 11.1. The predicted octanol–water partition coefficient (Wildman–Crippen LogP) is 4.22. The summed E-state index contributed by atoms with van der Waals surface area (Å²) in [5.41, 5.74) is 2.13. The van der Waals surface area contributed by atoms with Crippen LogP contribution in [0.5, 0.6) is 5.75 Å². The molecule has 1 N–H and O–H groups in total. The van der Waals surface area contributed by atoms with Crippen LogP contribution in [0, 0.1) is 6.92 Å². The highest BCUT2D eigenvalue weighted by Crippen LogP contribution is 2.43. The first-order chi connectivity index (χ1) is 14.5. The molecule has 0 bridgehead atoms. The van der Waals surface area contributed by atoms with E-state index in [9.17, 15) is 14.7 Å². The second-order valence-corrected chi connectivity index (χ2v) is 7.11. The van der Waals surface area contributed by atoms with Gasteiger partial charge in [-0.15, -0.1) is 0 Å². The minimum Gasteiger partial charge on any atom is -0.507 e. The van der Waals surface area contributed by atoms with Crippen molar-refractivity contribution in [2.75, 3.05) is 7.11 Å². The van der Waals surface area contributed by atoms with Gasteiger partial charge >= 0.3 is 0 Å². The number of carbonyl (C=O) groups excluding carboxylic acids is 2. The van der Waals surface area contributed by atoms with Crippen molar-refractivity contribution in [3.05, 3.63) is 95.0 Å². The Bertz CT molecular complexity index is 1110. The van der Waals surface area contributed by atoms with Gasteiger partial charge in [0.25, 0.3) is 11.7 Å². The van der Waals surface area contributed by atoms with Gasteiger partial charge in [-0.3, -0.25) is 9.59 Å². The molecule has 1 aromatic heterocycles. The number of hydrogen-bond acceptors (Lipinski definition) is 5. The molecule has 30 heavy (non-hydrogen) atoms. The number of ketones is 1. The Morgan fingerprint density at radius 3 is 2.47 bits per heavy atom. The van der Waals surface area contributed by atoms with E-state index in [4.69, 9.17) is 9.15 Å². The van der Waals surface area contributed by atoms with Crippen molar-refractivity contribution >= 4 is 17.4 Å². The lowest BCUT2D eigenvalue weighted by molar-refractivity contribution is -0.140. The molecule has 0 radical (unpaired) electrons. The third-order valence-electron chi connectivity index (χ3n) is 5.20. The van der Waals surface area contributed by atoms with Gasteiger partial charge in [-0.05, 0) is 25.1 Å². The molecular formula is C24H21NO5. The first kappa shape index (κ1) is 19.5. The second kappa shape index (κ2) is 7.91. The standard InChI is InChI=1S/C24H21NO5/c1-15-9-11-16(12-10-15)22(26)20-21(18-7-3-4-8-19(18)29-2)25(24(28)23(20)27)14-17-6-5-13-30-17/h3-13,21,26H,14H2,1-2H3. The van der Waals surface area contributed by atoms with Crippen molar-refractivity contribution in [1.82, 2.24) is 4.90 Å². The lowest BCUT2D eigenvalue weighted by Crippen LogP contribution is -2.29. The number of methoxy groups -OCH3 is 1. The smallest absolute Gasteiger partial charge is 0.296 e. The SMILES string of the molecule is COc1ccccc1C1C(=C(O)c2ccc(C)cc2)C(=O)C(=O)N1Cc1ccco1. The Hall–Kier alpha value is -3.80. The van der Waals surface area contributed by atoms with Crippen LogP contribution in [0.1, 0.15) is 28.5 Å². The Morgan fingerprint density at radius 2 is 1.80 bits per heavy atom. The quantitative estimate of drug-likeness (QED) is 0.392. The number of amides is 1. The van der Waals surface area contributed by atoms with Gasteiger partial charge in [-0.2, -0.15) is 0 Å². The van der Waals surface area contributed by atoms with Crippen LogP contribution in [0.15, 0.2) is 76.9 Å². The summed E-state index contributed by atoms with van der Waals surface area (Å²) in [6.45, 7) is 2.02. The summed E-state index contributed by atoms with van der Waals surface area (Å²) < 4.78 is 10.9. The fourth-order valence-electron chi connectivity index (χ4n) is 3.70. The monoisotopic (exact) mass is 403 g/mol. The predicted molar refractivity (Wildman–Crippen MR) is 111 cm³/mol. The summed E-state index contributed by atoms with van der Waals surface area (Å²) >= 11 is 0. The molecule has 0 spiro atoms. The molecule has 1 saturated heterocycles. The molecular weight excluding hydrogens is 382 g/mol. The largest absolute Gasteiger partial charge is 0.507 e. The maximum absolute atomic E-state index is 13.0. The molecule has 1 fully saturated rings. The number of aliphatic hydroxyl groups excluding tert-OH is 1. The molecule has 1 amide bonds. The summed E-state index contributed by atoms with van der Waals surface area (Å²) in [6.07, 6.45) is 1.51. The zero-order valence-electron chi connectivity index (χ0n) is 16.7. The Labute approximate surface area is 174 Å². The van der Waals surface area contributed by atoms with E-state index in [2.05, 4.69) is 0 Å². The first-order valence-corrected chi connectivity index (χ1v) is 9.52. The number of benzene rings is 2. The number of furan rings is 1. The van der Waals surface area contributed by atoms with Gasteiger partial charge in [-0.25, -0.2) is 0 Å². The number of nitrogens with zero attached hydrogens (tertiary/aromatic N) is 1. The van der Waals surface area contributed by atoms with E-state index in [-0.39, 0.29) is 17.9 Å². The van der Waals surface area contributed by atoms with Crippen molar-refractivity contribution < 1.29 is 23.8 Å². The van der Waals surface area contributed by atoms with E-state index in [1.807, 2.05) is 19.1 Å². The number of para-hydroxylation sites is 1. The average molecular weight is 403 g/mol. The molecule has 3 aromatic rings. The van der Waals surface area contributed by atoms with Gasteiger partial charge in [0, 0.05) is 11.1 Å². The van der Waals surface area contributed by atoms with Crippen LogP contribution in [0.2, 0.25) is 0 Å². The number of aryl methyl sites for hydroxylation is 1. The number of aliphatic hydroxyl groups is 1. The third kappa shape index (κ3) is 3.37. The van der Waals surface area contributed by atoms with Gasteiger partial charge in [0.05, 0.1) is 31.5 Å². The third-order valence-corrected chi connectivity index (χ3v) is 5.20. The van der Waals surface area contributed by atoms with E-state index in [1.165, 1.54) is 18.3 Å². The Kier molecular flexibility index (Phi) is 5.14. The molecule has 6 nitrogen and oxygen atoms in total. The maximum Gasteiger partial charge on any atom is 0.296 e. The molecule has 152 valence electrons. The van der Waals surface area contributed by atoms with Gasteiger partial charge in [0.1, 0.15) is 17.3 Å². The van der Waals surface area contributed by atoms with E-state index < -0.39 is 17.7 Å². The fraction of sp³-hybridized carbons (Fsp3) is 0.167. The van der Waals surface area contributed by atoms with Crippen LogP contribution in [0.25, 0.3) is 5.76 Å². The topological polar surface area (TPSA) is 80.0 Å². The van der Waals surface area contributed by atoms with Gasteiger partial charge in [0.15, 0.2) is 0 Å². The summed E-state index contributed by atoms with van der Waals surface area (Å²) in [7, 11) is 1.53. The van der Waals surface area contributed by atoms with Crippen LogP contribution in [0.3, 0.4) is 0 Å². The van der Waals surface area contributed by atoms with E-state index in [0.29, 0.717) is 22.6 Å². The lowest BCUT2D eigenvalue weighted by atomic mass is 9.94. The number of ether oxygens (including phenoxy) is 1. The summed E-state index contributed by atoms with van der Waals surface area (Å²) in [6, 6.07) is 16.9. The number of hydrogen-bond donors (Lipinski definition) is 1. The second-order valence-electron chi connectivity index (χ2n) is 7.11. The molecule has 1 atom stereocenters. The summed E-state index contributed by atoms with van der Waals surface area (Å²) in [5.74, 6) is -0.603. The molecule has 2 aromatic carbocycles. The molecule has 1 unspecified atom stereocenters. The highest BCUT2D eigenvalue weighted by atomic mass is 16.5. The lowest BCUT2D eigenvalue weighted by Gasteiger charge is -2.25. The maximum atomic E-state index is 13.0. The first-order valence-electron chi connectivity index (χ1n) is 9.52. The van der Waals surface area contributed by atoms with E-state index >= 15 is 0 Å². The molecule has 1 aliphatic rings. The Balaban J connectivity index is 1.90. The van der Waals surface area contributed by atoms with Gasteiger partial charge in [-0.1, -0.05) is 48.0 Å². The highest BCUT2D eigenvalue weighted by molar-refractivity contribution is 6.46. The number of carbonyl (C=O) groups is 2. The van der Waals surface area contributed by atoms with Crippen molar-refractivity contribution in [2.45, 2.75) is 19.5 Å². The minimum absolute atomic E-state index is 0.0277. The van der Waals surface area contributed by atoms with Gasteiger partial charge < -0.3 is 19.2 Å². The van der Waals surface area contributed by atoms with Crippen LogP contribution in [0.4, 0.5) is 0 Å². The van der Waals surface area contributed by atoms with E-state index in [1.54, 1.807) is 48.5 Å². The van der Waals surface area contributed by atoms with E-state index in [0.717, 1.165) is 5.56 Å². The molecule has 0 saturated carbocycles. The van der Waals surface area contributed by atoms with Crippen molar-refractivity contribution in [1.29, 1.82) is 0 Å². The number of Topliss-reactive ketones (excluding diaryl/α,β-unsaturated/α-hetero) is 1. The van der Waals surface area contributed by atoms with Crippen LogP contribution < -0.4 is 4.74 Å². The minimum atomic E-state index is -0.812. The van der Waals surface area contributed by atoms with Crippen LogP contribution >= 0.6 is 0 Å². The number of likely N-dealkylation sites (tertiary alicyclic amines) is 1. The fourth-order valence-corrected chi connectivity index (χ4v) is 3.70. The average Bonchev–Trinajstić information content (AvgIpc) is 3.36. The molecule has 2 heterocycles. The van der Waals surface area contributed by atoms with Crippen molar-refractivity contribution in [3.63, 3.8) is 0 Å². The molecule has 1 aliphatic heterocycles. The van der Waals surface area contributed by atoms with Gasteiger partial charge in [0.2, 0.25) is 0 Å². The van der Waals surface area contributed by atoms with Crippen molar-refractivity contribution in [3.8, 4) is 5.75 Å².